The van der Waals surface area contributed by atoms with E-state index in [9.17, 15) is 19.1 Å². The average molecular weight is 323 g/mol. The molecule has 1 N–H and O–H groups in total. The lowest BCUT2D eigenvalue weighted by Gasteiger charge is -2.25. The third-order valence-corrected chi connectivity index (χ3v) is 3.92. The second kappa shape index (κ2) is 6.18. The predicted octanol–water partition coefficient (Wildman–Crippen LogP) is 3.78. The van der Waals surface area contributed by atoms with E-state index >= 15 is 0 Å². The molecule has 0 fully saturated rings. The number of halogens is 1. The third-order valence-electron chi connectivity index (χ3n) is 3.92. The Hall–Kier alpha value is -2.11. The van der Waals surface area contributed by atoms with Crippen LogP contribution in [0.3, 0.4) is 0 Å². The predicted molar refractivity (Wildman–Crippen MR) is 84.1 cm³/mol. The monoisotopic (exact) mass is 323 g/mol. The van der Waals surface area contributed by atoms with Crippen molar-refractivity contribution in [1.82, 2.24) is 0 Å². The van der Waals surface area contributed by atoms with Gasteiger partial charge in [-0.1, -0.05) is 6.92 Å². The van der Waals surface area contributed by atoms with Crippen molar-refractivity contribution in [3.8, 4) is 0 Å². The molecule has 0 saturated carbocycles. The number of benzene rings is 1. The summed E-state index contributed by atoms with van der Waals surface area (Å²) in [7, 11) is 0. The summed E-state index contributed by atoms with van der Waals surface area (Å²) in [5, 5.41) is 9.41. The maximum absolute atomic E-state index is 13.6. The van der Waals surface area contributed by atoms with Crippen LogP contribution in [0.25, 0.3) is 0 Å². The van der Waals surface area contributed by atoms with Crippen LogP contribution in [0.2, 0.25) is 0 Å². The Balaban J connectivity index is 2.39. The number of amides is 1. The highest BCUT2D eigenvalue weighted by molar-refractivity contribution is 5.91. The molecule has 1 aliphatic rings. The standard InChI is InChI=1S/C17H22FNO4/c1-5-11(15(20)21)13-9-19(16(22)23-17(2,3)4)14-7-6-10(18)8-12(13)14/h6-8,11,13H,5,9H2,1-4H3,(H,20,21). The number of fused-ring (bicyclic) bond motifs is 1. The molecular weight excluding hydrogens is 301 g/mol. The van der Waals surface area contributed by atoms with Crippen molar-refractivity contribution in [2.75, 3.05) is 11.4 Å². The number of ether oxygens (including phenoxy) is 1. The van der Waals surface area contributed by atoms with E-state index in [1.807, 2.05) is 0 Å². The summed E-state index contributed by atoms with van der Waals surface area (Å²) < 4.78 is 19.0. The molecule has 2 unspecified atom stereocenters. The van der Waals surface area contributed by atoms with Crippen LogP contribution in [0.4, 0.5) is 14.9 Å². The first-order valence-electron chi connectivity index (χ1n) is 7.66. The van der Waals surface area contributed by atoms with Crippen molar-refractivity contribution in [3.63, 3.8) is 0 Å². The van der Waals surface area contributed by atoms with Gasteiger partial charge in [-0.05, 0) is 51.0 Å². The van der Waals surface area contributed by atoms with E-state index in [1.54, 1.807) is 27.7 Å². The van der Waals surface area contributed by atoms with Crippen molar-refractivity contribution in [2.24, 2.45) is 5.92 Å². The van der Waals surface area contributed by atoms with Crippen LogP contribution in [0.5, 0.6) is 0 Å². The fourth-order valence-corrected chi connectivity index (χ4v) is 2.93. The smallest absolute Gasteiger partial charge is 0.414 e. The molecule has 1 amide bonds. The minimum atomic E-state index is -0.946. The topological polar surface area (TPSA) is 66.8 Å². The number of hydrogen-bond acceptors (Lipinski definition) is 3. The summed E-state index contributed by atoms with van der Waals surface area (Å²) in [4.78, 5) is 25.3. The number of nitrogens with zero attached hydrogens (tertiary/aromatic N) is 1. The Bertz CT molecular complexity index is 624. The molecule has 0 aromatic heterocycles. The number of anilines is 1. The highest BCUT2D eigenvalue weighted by Gasteiger charge is 2.40. The minimum Gasteiger partial charge on any atom is -0.481 e. The molecule has 0 bridgehead atoms. The van der Waals surface area contributed by atoms with Crippen molar-refractivity contribution in [2.45, 2.75) is 45.6 Å². The van der Waals surface area contributed by atoms with E-state index < -0.39 is 35.3 Å². The second-order valence-corrected chi connectivity index (χ2v) is 6.75. The molecule has 126 valence electrons. The Morgan fingerprint density at radius 2 is 2.09 bits per heavy atom. The fraction of sp³-hybridized carbons (Fsp3) is 0.529. The summed E-state index contributed by atoms with van der Waals surface area (Å²) in [5.74, 6) is -2.52. The van der Waals surface area contributed by atoms with Gasteiger partial charge in [-0.15, -0.1) is 0 Å². The number of carboxylic acid groups (broad SMARTS) is 1. The molecule has 23 heavy (non-hydrogen) atoms. The number of rotatable bonds is 3. The van der Waals surface area contributed by atoms with Gasteiger partial charge in [0, 0.05) is 12.5 Å². The number of carbonyl (C=O) groups is 2. The molecule has 2 atom stereocenters. The molecule has 0 radical (unpaired) electrons. The third kappa shape index (κ3) is 3.63. The fourth-order valence-electron chi connectivity index (χ4n) is 2.93. The molecule has 6 heteroatoms. The van der Waals surface area contributed by atoms with Gasteiger partial charge >= 0.3 is 12.1 Å². The lowest BCUT2D eigenvalue weighted by molar-refractivity contribution is -0.142. The molecular formula is C17H22FNO4. The van der Waals surface area contributed by atoms with Crippen molar-refractivity contribution in [3.05, 3.63) is 29.6 Å². The summed E-state index contributed by atoms with van der Waals surface area (Å²) in [6.07, 6.45) is -0.147. The van der Waals surface area contributed by atoms with Crippen molar-refractivity contribution in [1.29, 1.82) is 0 Å². The van der Waals surface area contributed by atoms with Gasteiger partial charge in [0.15, 0.2) is 0 Å². The van der Waals surface area contributed by atoms with Crippen LogP contribution in [-0.4, -0.2) is 29.3 Å². The van der Waals surface area contributed by atoms with E-state index in [1.165, 1.54) is 23.1 Å². The van der Waals surface area contributed by atoms with Gasteiger partial charge in [-0.2, -0.15) is 0 Å². The highest BCUT2D eigenvalue weighted by atomic mass is 19.1. The second-order valence-electron chi connectivity index (χ2n) is 6.75. The zero-order chi connectivity index (χ0) is 17.4. The zero-order valence-corrected chi connectivity index (χ0v) is 13.8. The van der Waals surface area contributed by atoms with Crippen LogP contribution < -0.4 is 4.90 Å². The molecule has 1 aromatic carbocycles. The molecule has 2 rings (SSSR count). The Kier molecular flexibility index (Phi) is 4.63. The number of hydrogen-bond donors (Lipinski definition) is 1. The maximum Gasteiger partial charge on any atom is 0.414 e. The number of carboxylic acids is 1. The van der Waals surface area contributed by atoms with Crippen LogP contribution in [-0.2, 0) is 9.53 Å². The molecule has 0 aliphatic carbocycles. The maximum atomic E-state index is 13.6. The molecule has 1 heterocycles. The first-order valence-corrected chi connectivity index (χ1v) is 7.66. The summed E-state index contributed by atoms with van der Waals surface area (Å²) in [6, 6.07) is 4.08. The summed E-state index contributed by atoms with van der Waals surface area (Å²) >= 11 is 0. The van der Waals surface area contributed by atoms with Gasteiger partial charge in [0.05, 0.1) is 11.6 Å². The number of carbonyl (C=O) groups excluding carboxylic acids is 1. The first-order chi connectivity index (χ1) is 10.6. The summed E-state index contributed by atoms with van der Waals surface area (Å²) in [6.45, 7) is 7.23. The van der Waals surface area contributed by atoms with E-state index in [0.29, 0.717) is 17.7 Å². The van der Waals surface area contributed by atoms with Gasteiger partial charge in [0.25, 0.3) is 0 Å². The van der Waals surface area contributed by atoms with Gasteiger partial charge in [-0.3, -0.25) is 9.69 Å². The highest BCUT2D eigenvalue weighted by Crippen LogP contribution is 2.42. The molecule has 1 aliphatic heterocycles. The lowest BCUT2D eigenvalue weighted by atomic mass is 9.86. The van der Waals surface area contributed by atoms with Crippen molar-refractivity contribution < 1.29 is 23.8 Å². The quantitative estimate of drug-likeness (QED) is 0.919. The minimum absolute atomic E-state index is 0.179. The van der Waals surface area contributed by atoms with Crippen LogP contribution in [0, 0.1) is 11.7 Å². The molecule has 0 saturated heterocycles. The van der Waals surface area contributed by atoms with E-state index in [2.05, 4.69) is 0 Å². The largest absolute Gasteiger partial charge is 0.481 e. The van der Waals surface area contributed by atoms with Gasteiger partial charge in [0.2, 0.25) is 0 Å². The van der Waals surface area contributed by atoms with Gasteiger partial charge in [0.1, 0.15) is 11.4 Å². The van der Waals surface area contributed by atoms with E-state index in [0.717, 1.165) is 0 Å². The summed E-state index contributed by atoms with van der Waals surface area (Å²) in [5.41, 5.74) is 0.405. The van der Waals surface area contributed by atoms with Gasteiger partial charge in [-0.25, -0.2) is 9.18 Å². The van der Waals surface area contributed by atoms with Crippen LogP contribution in [0.15, 0.2) is 18.2 Å². The normalized spacial score (nSPS) is 18.5. The van der Waals surface area contributed by atoms with Crippen LogP contribution in [0.1, 0.15) is 45.6 Å². The molecule has 5 nitrogen and oxygen atoms in total. The average Bonchev–Trinajstić information content (AvgIpc) is 2.76. The first kappa shape index (κ1) is 17.2. The van der Waals surface area contributed by atoms with Crippen molar-refractivity contribution >= 4 is 17.7 Å². The SMILES string of the molecule is CCC(C(=O)O)C1CN(C(=O)OC(C)(C)C)c2ccc(F)cc21. The van der Waals surface area contributed by atoms with Crippen LogP contribution >= 0.6 is 0 Å². The lowest BCUT2D eigenvalue weighted by Crippen LogP contribution is -2.37. The van der Waals surface area contributed by atoms with E-state index in [-0.39, 0.29) is 6.54 Å². The molecule has 0 spiro atoms. The van der Waals surface area contributed by atoms with Gasteiger partial charge < -0.3 is 9.84 Å². The number of aliphatic carboxylic acids is 1. The Morgan fingerprint density at radius 3 is 2.61 bits per heavy atom. The Morgan fingerprint density at radius 1 is 1.43 bits per heavy atom. The molecule has 1 aromatic rings. The zero-order valence-electron chi connectivity index (χ0n) is 13.8. The van der Waals surface area contributed by atoms with E-state index in [4.69, 9.17) is 4.74 Å². The Labute approximate surface area is 135 Å².